The zero-order valence-corrected chi connectivity index (χ0v) is 6.23. The largest absolute Gasteiger partial charge is 0.478 e. The lowest BCUT2D eigenvalue weighted by Crippen LogP contribution is -2.14. The van der Waals surface area contributed by atoms with Crippen LogP contribution in [0.1, 0.15) is 11.3 Å². The van der Waals surface area contributed by atoms with Crippen molar-refractivity contribution in [3.63, 3.8) is 0 Å². The van der Waals surface area contributed by atoms with Crippen molar-refractivity contribution in [2.24, 2.45) is 0 Å². The van der Waals surface area contributed by atoms with Gasteiger partial charge in [0, 0.05) is 11.8 Å². The second kappa shape index (κ2) is 1.91. The van der Waals surface area contributed by atoms with Crippen LogP contribution in [-0.2, 0) is 4.74 Å². The number of fused-ring (bicyclic) bond motifs is 3. The number of rotatable bonds is 0. The highest BCUT2D eigenvalue weighted by Crippen LogP contribution is 2.30. The van der Waals surface area contributed by atoms with Gasteiger partial charge in [-0.1, -0.05) is 5.16 Å². The van der Waals surface area contributed by atoms with Crippen LogP contribution in [0.15, 0.2) is 23.2 Å². The summed E-state index contributed by atoms with van der Waals surface area (Å²) in [5, 5.41) is 3.88. The molecule has 4 nitrogen and oxygen atoms in total. The number of nitrogens with zero attached hydrogens (tertiary/aromatic N) is 2. The molecule has 4 heteroatoms. The van der Waals surface area contributed by atoms with E-state index in [9.17, 15) is 0 Å². The Hall–Kier alpha value is -1.71. The Kier molecular flexibility index (Phi) is 0.935. The van der Waals surface area contributed by atoms with Crippen LogP contribution >= 0.6 is 0 Å². The van der Waals surface area contributed by atoms with Crippen LogP contribution in [0.4, 0.5) is 0 Å². The number of aromatic nitrogens is 1. The summed E-state index contributed by atoms with van der Waals surface area (Å²) < 4.78 is 10.0. The van der Waals surface area contributed by atoms with Crippen LogP contribution < -0.4 is 0 Å². The SMILES string of the molecule is C1=CN2COC=C2c2nocc21. The van der Waals surface area contributed by atoms with E-state index in [0.29, 0.717) is 6.73 Å². The van der Waals surface area contributed by atoms with Gasteiger partial charge in [-0.15, -0.1) is 0 Å². The van der Waals surface area contributed by atoms with E-state index < -0.39 is 0 Å². The Morgan fingerprint density at radius 1 is 1.50 bits per heavy atom. The van der Waals surface area contributed by atoms with E-state index in [1.807, 2.05) is 17.2 Å². The van der Waals surface area contributed by atoms with Crippen molar-refractivity contribution in [2.45, 2.75) is 0 Å². The van der Waals surface area contributed by atoms with Gasteiger partial charge < -0.3 is 14.2 Å². The van der Waals surface area contributed by atoms with E-state index >= 15 is 0 Å². The maximum absolute atomic E-state index is 5.15. The molecule has 60 valence electrons. The fourth-order valence-electron chi connectivity index (χ4n) is 1.38. The molecule has 0 aliphatic carbocycles. The summed E-state index contributed by atoms with van der Waals surface area (Å²) in [4.78, 5) is 1.98. The number of ether oxygens (including phenoxy) is 1. The molecule has 0 unspecified atom stereocenters. The lowest BCUT2D eigenvalue weighted by atomic mass is 10.1. The molecule has 1 aromatic heterocycles. The molecule has 0 N–H and O–H groups in total. The van der Waals surface area contributed by atoms with Crippen LogP contribution in [0.25, 0.3) is 11.8 Å². The van der Waals surface area contributed by atoms with Gasteiger partial charge >= 0.3 is 0 Å². The van der Waals surface area contributed by atoms with Crippen molar-refractivity contribution in [3.8, 4) is 0 Å². The quantitative estimate of drug-likeness (QED) is 0.575. The predicted molar refractivity (Wildman–Crippen MR) is 41.3 cm³/mol. The first-order chi connectivity index (χ1) is 5.95. The van der Waals surface area contributed by atoms with Gasteiger partial charge in [0.25, 0.3) is 0 Å². The van der Waals surface area contributed by atoms with Crippen LogP contribution in [0.3, 0.4) is 0 Å². The van der Waals surface area contributed by atoms with Crippen LogP contribution in [-0.4, -0.2) is 16.8 Å². The molecular weight excluding hydrogens is 156 g/mol. The second-order valence-corrected chi connectivity index (χ2v) is 2.70. The molecule has 2 aliphatic heterocycles. The van der Waals surface area contributed by atoms with E-state index in [1.165, 1.54) is 0 Å². The van der Waals surface area contributed by atoms with Gasteiger partial charge in [-0.05, 0) is 6.08 Å². The summed E-state index contributed by atoms with van der Waals surface area (Å²) in [5.74, 6) is 0. The minimum absolute atomic E-state index is 0.568. The van der Waals surface area contributed by atoms with Gasteiger partial charge in [-0.3, -0.25) is 0 Å². The normalized spacial score (nSPS) is 18.3. The van der Waals surface area contributed by atoms with Crippen molar-refractivity contribution >= 4 is 11.8 Å². The van der Waals surface area contributed by atoms with Crippen molar-refractivity contribution in [3.05, 3.63) is 30.0 Å². The van der Waals surface area contributed by atoms with Crippen LogP contribution in [0, 0.1) is 0 Å². The molecule has 0 saturated heterocycles. The molecule has 0 aromatic carbocycles. The van der Waals surface area contributed by atoms with Gasteiger partial charge in [0.2, 0.25) is 0 Å². The summed E-state index contributed by atoms with van der Waals surface area (Å²) >= 11 is 0. The molecule has 0 radical (unpaired) electrons. The average Bonchev–Trinajstić information content (AvgIpc) is 2.71. The molecule has 2 aliphatic rings. The first kappa shape index (κ1) is 5.88. The Bertz CT molecular complexity index is 378. The first-order valence-corrected chi connectivity index (χ1v) is 3.66. The molecule has 0 atom stereocenters. The molecule has 0 bridgehead atoms. The third-order valence-electron chi connectivity index (χ3n) is 1.99. The predicted octanol–water partition coefficient (Wildman–Crippen LogP) is 1.25. The standard InChI is InChI=1S/C8H6N2O2/c1-2-10-5-11-4-7(10)8-6(1)3-12-9-8/h1-4H,5H2. The fraction of sp³-hybridized carbons (Fsp3) is 0.125. The van der Waals surface area contributed by atoms with Crippen molar-refractivity contribution < 1.29 is 9.26 Å². The lowest BCUT2D eigenvalue weighted by molar-refractivity contribution is 0.206. The molecule has 3 rings (SSSR count). The maximum Gasteiger partial charge on any atom is 0.164 e. The van der Waals surface area contributed by atoms with Gasteiger partial charge in [0.15, 0.2) is 6.73 Å². The van der Waals surface area contributed by atoms with Crippen LogP contribution in [0.2, 0.25) is 0 Å². The summed E-state index contributed by atoms with van der Waals surface area (Å²) in [5.41, 5.74) is 2.83. The van der Waals surface area contributed by atoms with E-state index in [0.717, 1.165) is 17.0 Å². The first-order valence-electron chi connectivity index (χ1n) is 3.66. The van der Waals surface area contributed by atoms with E-state index in [-0.39, 0.29) is 0 Å². The molecule has 3 heterocycles. The zero-order valence-electron chi connectivity index (χ0n) is 6.23. The Balaban J connectivity index is 2.23. The highest BCUT2D eigenvalue weighted by Gasteiger charge is 2.24. The fourth-order valence-corrected chi connectivity index (χ4v) is 1.38. The molecule has 1 aromatic rings. The highest BCUT2D eigenvalue weighted by atomic mass is 16.5. The second-order valence-electron chi connectivity index (χ2n) is 2.70. The Morgan fingerprint density at radius 2 is 2.50 bits per heavy atom. The smallest absolute Gasteiger partial charge is 0.164 e. The minimum atomic E-state index is 0.568. The Labute approximate surface area is 68.7 Å². The van der Waals surface area contributed by atoms with Gasteiger partial charge in [0.1, 0.15) is 23.9 Å². The summed E-state index contributed by atoms with van der Waals surface area (Å²) in [7, 11) is 0. The van der Waals surface area contributed by atoms with E-state index in [4.69, 9.17) is 9.26 Å². The monoisotopic (exact) mass is 162 g/mol. The zero-order chi connectivity index (χ0) is 7.97. The average molecular weight is 162 g/mol. The maximum atomic E-state index is 5.15. The van der Waals surface area contributed by atoms with E-state index in [1.54, 1.807) is 12.5 Å². The number of hydrogen-bond donors (Lipinski definition) is 0. The van der Waals surface area contributed by atoms with Gasteiger partial charge in [0.05, 0.1) is 0 Å². The molecular formula is C8H6N2O2. The van der Waals surface area contributed by atoms with Gasteiger partial charge in [-0.2, -0.15) is 0 Å². The summed E-state index contributed by atoms with van der Waals surface area (Å²) in [6.07, 6.45) is 7.24. The molecule has 0 fully saturated rings. The summed E-state index contributed by atoms with van der Waals surface area (Å²) in [6.45, 7) is 0.568. The molecule has 0 spiro atoms. The van der Waals surface area contributed by atoms with E-state index in [2.05, 4.69) is 5.16 Å². The van der Waals surface area contributed by atoms with Crippen molar-refractivity contribution in [2.75, 3.05) is 6.73 Å². The lowest BCUT2D eigenvalue weighted by Gasteiger charge is -2.16. The molecule has 12 heavy (non-hydrogen) atoms. The topological polar surface area (TPSA) is 38.5 Å². The summed E-state index contributed by atoms with van der Waals surface area (Å²) in [6, 6.07) is 0. The van der Waals surface area contributed by atoms with Crippen molar-refractivity contribution in [1.29, 1.82) is 0 Å². The Morgan fingerprint density at radius 3 is 3.50 bits per heavy atom. The van der Waals surface area contributed by atoms with Crippen LogP contribution in [0.5, 0.6) is 0 Å². The van der Waals surface area contributed by atoms with Crippen molar-refractivity contribution in [1.82, 2.24) is 10.1 Å². The molecule has 0 saturated carbocycles. The highest BCUT2D eigenvalue weighted by molar-refractivity contribution is 5.74. The minimum Gasteiger partial charge on any atom is -0.478 e. The molecule has 0 amide bonds. The third-order valence-corrected chi connectivity index (χ3v) is 1.99. The third kappa shape index (κ3) is 0.592. The van der Waals surface area contributed by atoms with Gasteiger partial charge in [-0.25, -0.2) is 0 Å². The number of hydrogen-bond acceptors (Lipinski definition) is 4.